The molecule has 88 valence electrons. The molecule has 1 rings (SSSR count). The fourth-order valence-electron chi connectivity index (χ4n) is 1.29. The molecule has 0 radical (unpaired) electrons. The van der Waals surface area contributed by atoms with Gasteiger partial charge in [0, 0.05) is 0 Å². The first-order chi connectivity index (χ1) is 7.33. The molecule has 0 spiro atoms. The number of aryl methyl sites for hydroxylation is 2. The fourth-order valence-corrected chi connectivity index (χ4v) is 1.29. The number of rotatable bonds is 4. The first-order valence-corrected chi connectivity index (χ1v) is 5.04. The molecule has 0 aliphatic heterocycles. The molecular weight excluding hydrogens is 211 g/mol. The molecule has 4 heteroatoms. The van der Waals surface area contributed by atoms with Crippen molar-refractivity contribution in [3.8, 4) is 0 Å². The van der Waals surface area contributed by atoms with Crippen LogP contribution in [0, 0.1) is 12.7 Å². The van der Waals surface area contributed by atoms with Gasteiger partial charge in [0.15, 0.2) is 5.60 Å². The number of carboxylic acid groups (broad SMARTS) is 1. The number of carboxylic acids is 1. The SMILES string of the molecule is Cc1ccc(CCC(C)(O)C(=O)O)cc1F. The van der Waals surface area contributed by atoms with Crippen LogP contribution in [0.5, 0.6) is 0 Å². The van der Waals surface area contributed by atoms with Gasteiger partial charge in [0.05, 0.1) is 0 Å². The van der Waals surface area contributed by atoms with Gasteiger partial charge in [0.1, 0.15) is 5.82 Å². The second-order valence-corrected chi connectivity index (χ2v) is 4.16. The lowest BCUT2D eigenvalue weighted by Crippen LogP contribution is -2.35. The summed E-state index contributed by atoms with van der Waals surface area (Å²) in [6.45, 7) is 2.90. The Labute approximate surface area is 93.5 Å². The molecule has 1 aromatic rings. The van der Waals surface area contributed by atoms with Crippen LogP contribution in [0.1, 0.15) is 24.5 Å². The molecule has 16 heavy (non-hydrogen) atoms. The van der Waals surface area contributed by atoms with Crippen molar-refractivity contribution in [1.82, 2.24) is 0 Å². The van der Waals surface area contributed by atoms with Crippen molar-refractivity contribution in [3.05, 3.63) is 35.1 Å². The topological polar surface area (TPSA) is 57.5 Å². The van der Waals surface area contributed by atoms with Gasteiger partial charge < -0.3 is 10.2 Å². The molecule has 3 nitrogen and oxygen atoms in total. The van der Waals surface area contributed by atoms with E-state index in [1.54, 1.807) is 19.1 Å². The summed E-state index contributed by atoms with van der Waals surface area (Å²) in [6.07, 6.45) is 0.390. The van der Waals surface area contributed by atoms with E-state index in [0.29, 0.717) is 17.5 Å². The maximum absolute atomic E-state index is 13.2. The molecule has 1 aromatic carbocycles. The van der Waals surface area contributed by atoms with Crippen LogP contribution in [0.15, 0.2) is 18.2 Å². The van der Waals surface area contributed by atoms with E-state index in [2.05, 4.69) is 0 Å². The van der Waals surface area contributed by atoms with Crippen LogP contribution in [0.25, 0.3) is 0 Å². The number of hydrogen-bond donors (Lipinski definition) is 2. The van der Waals surface area contributed by atoms with Crippen molar-refractivity contribution in [1.29, 1.82) is 0 Å². The maximum atomic E-state index is 13.2. The van der Waals surface area contributed by atoms with E-state index in [1.807, 2.05) is 0 Å². The van der Waals surface area contributed by atoms with E-state index >= 15 is 0 Å². The smallest absolute Gasteiger partial charge is 0.335 e. The average Bonchev–Trinajstić information content (AvgIpc) is 2.20. The van der Waals surface area contributed by atoms with Crippen molar-refractivity contribution in [2.24, 2.45) is 0 Å². The van der Waals surface area contributed by atoms with Gasteiger partial charge >= 0.3 is 5.97 Å². The van der Waals surface area contributed by atoms with Gasteiger partial charge in [-0.15, -0.1) is 0 Å². The van der Waals surface area contributed by atoms with Gasteiger partial charge in [0.25, 0.3) is 0 Å². The van der Waals surface area contributed by atoms with Gasteiger partial charge in [-0.2, -0.15) is 0 Å². The Hall–Kier alpha value is -1.42. The second-order valence-electron chi connectivity index (χ2n) is 4.16. The summed E-state index contributed by atoms with van der Waals surface area (Å²) in [5.74, 6) is -1.58. The highest BCUT2D eigenvalue weighted by Crippen LogP contribution is 2.16. The first-order valence-electron chi connectivity index (χ1n) is 5.04. The standard InChI is InChI=1S/C12H15FO3/c1-8-3-4-9(7-10(8)13)5-6-12(2,16)11(14)15/h3-4,7,16H,5-6H2,1-2H3,(H,14,15). The normalized spacial score (nSPS) is 14.5. The van der Waals surface area contributed by atoms with Crippen LogP contribution in [0.4, 0.5) is 4.39 Å². The fraction of sp³-hybridized carbons (Fsp3) is 0.417. The van der Waals surface area contributed by atoms with E-state index < -0.39 is 11.6 Å². The largest absolute Gasteiger partial charge is 0.479 e. The zero-order valence-electron chi connectivity index (χ0n) is 9.33. The van der Waals surface area contributed by atoms with Crippen molar-refractivity contribution >= 4 is 5.97 Å². The molecule has 0 saturated carbocycles. The lowest BCUT2D eigenvalue weighted by Gasteiger charge is -2.17. The molecule has 0 fully saturated rings. The van der Waals surface area contributed by atoms with Crippen LogP contribution in [0.2, 0.25) is 0 Å². The number of benzene rings is 1. The van der Waals surface area contributed by atoms with Crippen LogP contribution in [0.3, 0.4) is 0 Å². The summed E-state index contributed by atoms with van der Waals surface area (Å²) in [5.41, 5.74) is -0.528. The Morgan fingerprint density at radius 3 is 2.62 bits per heavy atom. The molecule has 0 bridgehead atoms. The van der Waals surface area contributed by atoms with Crippen molar-refractivity contribution in [3.63, 3.8) is 0 Å². The molecule has 0 aliphatic rings. The summed E-state index contributed by atoms with van der Waals surface area (Å²) in [4.78, 5) is 10.6. The van der Waals surface area contributed by atoms with E-state index in [0.717, 1.165) is 0 Å². The van der Waals surface area contributed by atoms with Crippen molar-refractivity contribution in [2.45, 2.75) is 32.3 Å². The molecule has 0 heterocycles. The molecule has 0 aliphatic carbocycles. The first kappa shape index (κ1) is 12.6. The molecular formula is C12H15FO3. The van der Waals surface area contributed by atoms with Crippen LogP contribution in [-0.2, 0) is 11.2 Å². The van der Waals surface area contributed by atoms with Gasteiger partial charge in [0.2, 0.25) is 0 Å². The second kappa shape index (κ2) is 4.61. The Balaban J connectivity index is 2.68. The third kappa shape index (κ3) is 3.03. The monoisotopic (exact) mass is 226 g/mol. The lowest BCUT2D eigenvalue weighted by molar-refractivity contribution is -0.157. The van der Waals surface area contributed by atoms with E-state index in [4.69, 9.17) is 5.11 Å². The number of aliphatic hydroxyl groups is 1. The van der Waals surface area contributed by atoms with Gasteiger partial charge in [-0.3, -0.25) is 0 Å². The van der Waals surface area contributed by atoms with Gasteiger partial charge in [-0.05, 0) is 43.9 Å². The number of halogens is 1. The highest BCUT2D eigenvalue weighted by Gasteiger charge is 2.29. The van der Waals surface area contributed by atoms with E-state index in [1.165, 1.54) is 13.0 Å². The Morgan fingerprint density at radius 1 is 1.50 bits per heavy atom. The zero-order valence-corrected chi connectivity index (χ0v) is 9.33. The van der Waals surface area contributed by atoms with Crippen molar-refractivity contribution in [2.75, 3.05) is 0 Å². The van der Waals surface area contributed by atoms with Gasteiger partial charge in [-0.1, -0.05) is 12.1 Å². The molecule has 0 aromatic heterocycles. The Bertz CT molecular complexity index is 399. The predicted octanol–water partition coefficient (Wildman–Crippen LogP) is 1.90. The summed E-state index contributed by atoms with van der Waals surface area (Å²) in [6, 6.07) is 4.74. The van der Waals surface area contributed by atoms with Crippen LogP contribution in [-0.4, -0.2) is 21.8 Å². The number of hydrogen-bond acceptors (Lipinski definition) is 2. The highest BCUT2D eigenvalue weighted by atomic mass is 19.1. The van der Waals surface area contributed by atoms with Crippen LogP contribution < -0.4 is 0 Å². The molecule has 0 amide bonds. The summed E-state index contributed by atoms with van der Waals surface area (Å²) in [5, 5.41) is 18.2. The zero-order chi connectivity index (χ0) is 12.3. The highest BCUT2D eigenvalue weighted by molar-refractivity contribution is 5.76. The Kier molecular flexibility index (Phi) is 3.65. The van der Waals surface area contributed by atoms with Gasteiger partial charge in [-0.25, -0.2) is 9.18 Å². The minimum Gasteiger partial charge on any atom is -0.479 e. The Morgan fingerprint density at radius 2 is 2.12 bits per heavy atom. The van der Waals surface area contributed by atoms with E-state index in [-0.39, 0.29) is 12.2 Å². The minimum atomic E-state index is -1.76. The summed E-state index contributed by atoms with van der Waals surface area (Å²) >= 11 is 0. The van der Waals surface area contributed by atoms with E-state index in [9.17, 15) is 14.3 Å². The molecule has 1 atom stereocenters. The third-order valence-electron chi connectivity index (χ3n) is 2.60. The molecule has 1 unspecified atom stereocenters. The number of aliphatic carboxylic acids is 1. The summed E-state index contributed by atoms with van der Waals surface area (Å²) < 4.78 is 13.2. The maximum Gasteiger partial charge on any atom is 0.335 e. The third-order valence-corrected chi connectivity index (χ3v) is 2.60. The molecule has 0 saturated heterocycles. The van der Waals surface area contributed by atoms with Crippen LogP contribution >= 0.6 is 0 Å². The average molecular weight is 226 g/mol. The predicted molar refractivity (Wildman–Crippen MR) is 57.7 cm³/mol. The summed E-state index contributed by atoms with van der Waals surface area (Å²) in [7, 11) is 0. The molecule has 2 N–H and O–H groups in total. The quantitative estimate of drug-likeness (QED) is 0.824. The minimum absolute atomic E-state index is 0.0604. The number of carbonyl (C=O) groups is 1. The van der Waals surface area contributed by atoms with Crippen molar-refractivity contribution < 1.29 is 19.4 Å². The lowest BCUT2D eigenvalue weighted by atomic mass is 9.96.